The number of hydrogen-bond donors (Lipinski definition) is 6. The summed E-state index contributed by atoms with van der Waals surface area (Å²) in [5.74, 6) is -3.13. The fourth-order valence-corrected chi connectivity index (χ4v) is 0.657. The van der Waals surface area contributed by atoms with Crippen molar-refractivity contribution in [3.05, 3.63) is 0 Å². The van der Waals surface area contributed by atoms with Gasteiger partial charge in [0.25, 0.3) is 0 Å². The fraction of sp³-hybridized carbons (Fsp3) is 0.833. The van der Waals surface area contributed by atoms with Gasteiger partial charge in [-0.3, -0.25) is 0 Å². The van der Waals surface area contributed by atoms with E-state index in [1.54, 1.807) is 0 Å². The first-order valence-electron chi connectivity index (χ1n) is 3.43. The van der Waals surface area contributed by atoms with Crippen molar-refractivity contribution < 1.29 is 35.4 Å². The molecule has 0 saturated carbocycles. The topological polar surface area (TPSA) is 138 Å². The van der Waals surface area contributed by atoms with Crippen molar-refractivity contribution in [2.75, 3.05) is 6.61 Å². The van der Waals surface area contributed by atoms with Crippen LogP contribution in [0.2, 0.25) is 0 Å². The molecule has 78 valence electrons. The van der Waals surface area contributed by atoms with Gasteiger partial charge in [-0.05, 0) is 0 Å². The first-order chi connectivity index (χ1) is 5.87. The van der Waals surface area contributed by atoms with E-state index in [0.717, 1.165) is 0 Å². The largest absolute Gasteiger partial charge is 0.393 e. The molecule has 0 aromatic rings. The van der Waals surface area contributed by atoms with E-state index in [0.29, 0.717) is 0 Å². The number of aliphatic hydroxyl groups excluding tert-OH is 4. The molecular formula is C6H12O7. The molecule has 0 aliphatic heterocycles. The van der Waals surface area contributed by atoms with Crippen LogP contribution >= 0.6 is 0 Å². The average Bonchev–Trinajstić information content (AvgIpc) is 2.13. The Morgan fingerprint density at radius 2 is 1.69 bits per heavy atom. The molecule has 3 atom stereocenters. The summed E-state index contributed by atoms with van der Waals surface area (Å²) in [6, 6.07) is 0. The molecule has 7 nitrogen and oxygen atoms in total. The molecule has 0 aromatic heterocycles. The molecule has 0 saturated heterocycles. The fourth-order valence-electron chi connectivity index (χ4n) is 0.657. The zero-order valence-corrected chi connectivity index (χ0v) is 6.61. The first kappa shape index (κ1) is 12.4. The standard InChI is InChI=1S/C6H12O7/c7-1-3(9)5(11)6(12,13)4(10)2-8/h1,3-5,8-13H,2H2. The zero-order valence-electron chi connectivity index (χ0n) is 6.61. The molecule has 0 aromatic carbocycles. The van der Waals surface area contributed by atoms with Gasteiger partial charge in [0, 0.05) is 0 Å². The van der Waals surface area contributed by atoms with Crippen LogP contribution in [0.3, 0.4) is 0 Å². The lowest BCUT2D eigenvalue weighted by Crippen LogP contribution is -2.58. The smallest absolute Gasteiger partial charge is 0.221 e. The number of carbonyl (C=O) groups excluding carboxylic acids is 1. The molecule has 0 fully saturated rings. The maximum absolute atomic E-state index is 9.93. The minimum Gasteiger partial charge on any atom is -0.393 e. The van der Waals surface area contributed by atoms with Crippen LogP contribution in [0.15, 0.2) is 0 Å². The minimum absolute atomic E-state index is 0.129. The SMILES string of the molecule is O=CC(O)C(O)C(O)(O)C(O)CO. The molecule has 0 radical (unpaired) electrons. The Morgan fingerprint density at radius 1 is 1.23 bits per heavy atom. The van der Waals surface area contributed by atoms with Crippen molar-refractivity contribution in [1.29, 1.82) is 0 Å². The molecule has 3 unspecified atom stereocenters. The Hall–Kier alpha value is -0.570. The normalized spacial score (nSPS) is 19.2. The molecule has 0 bridgehead atoms. The lowest BCUT2D eigenvalue weighted by atomic mass is 10.00. The van der Waals surface area contributed by atoms with Crippen molar-refractivity contribution in [1.82, 2.24) is 0 Å². The Balaban J connectivity index is 4.51. The monoisotopic (exact) mass is 196 g/mol. The molecule has 13 heavy (non-hydrogen) atoms. The highest BCUT2D eigenvalue weighted by molar-refractivity contribution is 5.56. The molecule has 0 heterocycles. The van der Waals surface area contributed by atoms with Gasteiger partial charge in [-0.25, -0.2) is 0 Å². The third-order valence-corrected chi connectivity index (χ3v) is 1.56. The predicted octanol–water partition coefficient (Wildman–Crippen LogP) is -4.06. The van der Waals surface area contributed by atoms with Crippen molar-refractivity contribution in [2.24, 2.45) is 0 Å². The molecule has 0 amide bonds. The number of hydrogen-bond acceptors (Lipinski definition) is 7. The molecule has 6 N–H and O–H groups in total. The Bertz CT molecular complexity index is 168. The van der Waals surface area contributed by atoms with Crippen LogP contribution in [0, 0.1) is 0 Å². The van der Waals surface area contributed by atoms with Gasteiger partial charge in [-0.15, -0.1) is 0 Å². The Morgan fingerprint density at radius 3 is 2.00 bits per heavy atom. The van der Waals surface area contributed by atoms with Gasteiger partial charge in [0.1, 0.15) is 18.3 Å². The molecule has 0 aliphatic carbocycles. The molecule has 0 rings (SSSR count). The van der Waals surface area contributed by atoms with Gasteiger partial charge in [-0.2, -0.15) is 0 Å². The van der Waals surface area contributed by atoms with Crippen LogP contribution in [0.1, 0.15) is 0 Å². The van der Waals surface area contributed by atoms with Crippen molar-refractivity contribution in [3.63, 3.8) is 0 Å². The summed E-state index contributed by atoms with van der Waals surface area (Å²) in [6.45, 7) is -1.03. The van der Waals surface area contributed by atoms with Crippen molar-refractivity contribution in [2.45, 2.75) is 24.1 Å². The van der Waals surface area contributed by atoms with E-state index in [1.165, 1.54) is 0 Å². The maximum atomic E-state index is 9.93. The van der Waals surface area contributed by atoms with Crippen LogP contribution in [0.5, 0.6) is 0 Å². The van der Waals surface area contributed by atoms with Crippen LogP contribution in [-0.4, -0.2) is 67.6 Å². The van der Waals surface area contributed by atoms with Crippen LogP contribution < -0.4 is 0 Å². The molecule has 0 spiro atoms. The van der Waals surface area contributed by atoms with E-state index in [2.05, 4.69) is 0 Å². The number of carbonyl (C=O) groups is 1. The second kappa shape index (κ2) is 4.61. The van der Waals surface area contributed by atoms with Gasteiger partial charge < -0.3 is 35.4 Å². The van der Waals surface area contributed by atoms with Gasteiger partial charge in [-0.1, -0.05) is 0 Å². The van der Waals surface area contributed by atoms with Crippen molar-refractivity contribution >= 4 is 6.29 Å². The second-order valence-electron chi connectivity index (χ2n) is 2.55. The molecule has 0 aliphatic rings. The lowest BCUT2D eigenvalue weighted by Gasteiger charge is -2.31. The van der Waals surface area contributed by atoms with E-state index in [4.69, 9.17) is 30.6 Å². The summed E-state index contributed by atoms with van der Waals surface area (Å²) in [4.78, 5) is 9.93. The first-order valence-corrected chi connectivity index (χ1v) is 3.43. The van der Waals surface area contributed by atoms with Crippen molar-refractivity contribution in [3.8, 4) is 0 Å². The summed E-state index contributed by atoms with van der Waals surface area (Å²) in [7, 11) is 0. The van der Waals surface area contributed by atoms with Gasteiger partial charge in [0.15, 0.2) is 6.29 Å². The van der Waals surface area contributed by atoms with E-state index in [1.807, 2.05) is 0 Å². The number of aldehydes is 1. The zero-order chi connectivity index (χ0) is 10.6. The Labute approximate surface area is 73.5 Å². The van der Waals surface area contributed by atoms with Gasteiger partial charge in [0.05, 0.1) is 6.61 Å². The maximum Gasteiger partial charge on any atom is 0.221 e. The number of aliphatic hydroxyl groups is 6. The van der Waals surface area contributed by atoms with Gasteiger partial charge in [0.2, 0.25) is 5.79 Å². The quantitative estimate of drug-likeness (QED) is 0.194. The summed E-state index contributed by atoms with van der Waals surface area (Å²) in [5, 5.41) is 52.5. The highest BCUT2D eigenvalue weighted by atomic mass is 16.5. The van der Waals surface area contributed by atoms with E-state index >= 15 is 0 Å². The second-order valence-corrected chi connectivity index (χ2v) is 2.55. The average molecular weight is 196 g/mol. The number of rotatable bonds is 5. The lowest BCUT2D eigenvalue weighted by molar-refractivity contribution is -0.291. The summed E-state index contributed by atoms with van der Waals surface area (Å²) >= 11 is 0. The summed E-state index contributed by atoms with van der Waals surface area (Å²) in [6.07, 6.45) is -6.53. The predicted molar refractivity (Wildman–Crippen MR) is 38.3 cm³/mol. The van der Waals surface area contributed by atoms with Crippen LogP contribution in [-0.2, 0) is 4.79 Å². The molecule has 7 heteroatoms. The molecular weight excluding hydrogens is 184 g/mol. The third kappa shape index (κ3) is 2.69. The van der Waals surface area contributed by atoms with Crippen LogP contribution in [0.25, 0.3) is 0 Å². The van der Waals surface area contributed by atoms with E-state index in [9.17, 15) is 4.79 Å². The van der Waals surface area contributed by atoms with E-state index in [-0.39, 0.29) is 6.29 Å². The highest BCUT2D eigenvalue weighted by Crippen LogP contribution is 2.14. The minimum atomic E-state index is -3.13. The third-order valence-electron chi connectivity index (χ3n) is 1.56. The highest BCUT2D eigenvalue weighted by Gasteiger charge is 2.44. The summed E-state index contributed by atoms with van der Waals surface area (Å²) in [5.41, 5.74) is 0. The Kier molecular flexibility index (Phi) is 4.40. The van der Waals surface area contributed by atoms with E-state index < -0.39 is 30.7 Å². The van der Waals surface area contributed by atoms with Gasteiger partial charge >= 0.3 is 0 Å². The summed E-state index contributed by atoms with van der Waals surface area (Å²) < 4.78 is 0. The van der Waals surface area contributed by atoms with Crippen LogP contribution in [0.4, 0.5) is 0 Å².